The number of likely N-dealkylation sites (N-methyl/N-ethyl adjacent to an activating group) is 1. The van der Waals surface area contributed by atoms with Gasteiger partial charge in [-0.2, -0.15) is 4.31 Å². The predicted molar refractivity (Wildman–Crippen MR) is 112 cm³/mol. The van der Waals surface area contributed by atoms with Gasteiger partial charge in [0.05, 0.1) is 25.7 Å². The van der Waals surface area contributed by atoms with Crippen LogP contribution in [0.25, 0.3) is 0 Å². The van der Waals surface area contributed by atoms with Gasteiger partial charge in [-0.1, -0.05) is 12.2 Å². The monoisotopic (exact) mass is 425 g/mol. The summed E-state index contributed by atoms with van der Waals surface area (Å²) >= 11 is 0. The van der Waals surface area contributed by atoms with Crippen LogP contribution in [0.1, 0.15) is 13.8 Å². The van der Waals surface area contributed by atoms with Crippen molar-refractivity contribution >= 4 is 15.9 Å². The molecule has 0 bridgehead atoms. The maximum atomic E-state index is 13.0. The van der Waals surface area contributed by atoms with Gasteiger partial charge in [0.15, 0.2) is 11.5 Å². The molecule has 1 amide bonds. The maximum Gasteiger partial charge on any atom is 0.243 e. The van der Waals surface area contributed by atoms with Crippen molar-refractivity contribution in [1.82, 2.24) is 14.1 Å². The number of sulfonamides is 1. The smallest absolute Gasteiger partial charge is 0.243 e. The van der Waals surface area contributed by atoms with Crippen molar-refractivity contribution in [1.29, 1.82) is 0 Å². The van der Waals surface area contributed by atoms with E-state index in [0.29, 0.717) is 50.8 Å². The molecule has 1 aliphatic heterocycles. The van der Waals surface area contributed by atoms with E-state index in [1.807, 2.05) is 18.7 Å². The Bertz CT molecular complexity index is 833. The highest BCUT2D eigenvalue weighted by atomic mass is 32.2. The van der Waals surface area contributed by atoms with E-state index in [1.54, 1.807) is 11.0 Å². The van der Waals surface area contributed by atoms with Gasteiger partial charge in [0.25, 0.3) is 0 Å². The van der Waals surface area contributed by atoms with Crippen molar-refractivity contribution < 1.29 is 22.7 Å². The Kier molecular flexibility index (Phi) is 8.06. The molecule has 0 unspecified atom stereocenters. The number of nitrogens with zero attached hydrogens (tertiary/aromatic N) is 3. The first kappa shape index (κ1) is 23.2. The van der Waals surface area contributed by atoms with Gasteiger partial charge in [-0.3, -0.25) is 9.69 Å². The van der Waals surface area contributed by atoms with Gasteiger partial charge in [-0.05, 0) is 26.0 Å². The largest absolute Gasteiger partial charge is 0.493 e. The second-order valence-electron chi connectivity index (χ2n) is 7.06. The van der Waals surface area contributed by atoms with Crippen molar-refractivity contribution in [3.05, 3.63) is 30.4 Å². The lowest BCUT2D eigenvalue weighted by Crippen LogP contribution is -2.51. The summed E-state index contributed by atoms with van der Waals surface area (Å²) in [6.45, 7) is 10.8. The Morgan fingerprint density at radius 3 is 2.28 bits per heavy atom. The van der Waals surface area contributed by atoms with Gasteiger partial charge in [0.2, 0.25) is 15.9 Å². The zero-order valence-electron chi connectivity index (χ0n) is 17.7. The Morgan fingerprint density at radius 1 is 1.14 bits per heavy atom. The number of ether oxygens (including phenoxy) is 2. The highest BCUT2D eigenvalue weighted by molar-refractivity contribution is 7.89. The van der Waals surface area contributed by atoms with Crippen molar-refractivity contribution in [2.24, 2.45) is 0 Å². The number of benzene rings is 1. The van der Waals surface area contributed by atoms with E-state index in [0.717, 1.165) is 5.57 Å². The number of hydrogen-bond donors (Lipinski definition) is 0. The van der Waals surface area contributed by atoms with Crippen LogP contribution in [0.3, 0.4) is 0 Å². The standard InChI is InChI=1S/C20H31N3O5S/c1-6-22(14-16(2)3)20(24)15-21-9-11-23(12-10-21)29(25,26)17-7-8-18(27-4)19(13-17)28-5/h7-8,13H,2,6,9-12,14-15H2,1,3-5H3. The summed E-state index contributed by atoms with van der Waals surface area (Å²) in [5, 5.41) is 0. The van der Waals surface area contributed by atoms with E-state index >= 15 is 0 Å². The fourth-order valence-electron chi connectivity index (χ4n) is 3.25. The molecule has 9 heteroatoms. The Morgan fingerprint density at radius 2 is 1.76 bits per heavy atom. The third kappa shape index (κ3) is 5.71. The summed E-state index contributed by atoms with van der Waals surface area (Å²) in [5.74, 6) is 0.881. The fourth-order valence-corrected chi connectivity index (χ4v) is 4.69. The normalized spacial score (nSPS) is 15.7. The molecule has 0 aromatic heterocycles. The molecule has 2 rings (SSSR count). The number of carbonyl (C=O) groups excluding carboxylic acids is 1. The van der Waals surface area contributed by atoms with E-state index in [1.165, 1.54) is 30.7 Å². The molecular weight excluding hydrogens is 394 g/mol. The minimum atomic E-state index is -3.64. The average molecular weight is 426 g/mol. The first-order valence-corrected chi connectivity index (χ1v) is 11.0. The van der Waals surface area contributed by atoms with Crippen molar-refractivity contribution in [3.63, 3.8) is 0 Å². The second-order valence-corrected chi connectivity index (χ2v) is 9.00. The molecule has 29 heavy (non-hydrogen) atoms. The van der Waals surface area contributed by atoms with E-state index in [2.05, 4.69) is 6.58 Å². The van der Waals surface area contributed by atoms with Gasteiger partial charge in [0, 0.05) is 45.3 Å². The van der Waals surface area contributed by atoms with Crippen LogP contribution in [0.4, 0.5) is 0 Å². The lowest BCUT2D eigenvalue weighted by Gasteiger charge is -2.34. The molecule has 162 valence electrons. The lowest BCUT2D eigenvalue weighted by atomic mass is 10.3. The molecular formula is C20H31N3O5S. The van der Waals surface area contributed by atoms with Gasteiger partial charge in [-0.25, -0.2) is 8.42 Å². The van der Waals surface area contributed by atoms with Crippen LogP contribution in [0.2, 0.25) is 0 Å². The summed E-state index contributed by atoms with van der Waals surface area (Å²) in [6.07, 6.45) is 0. The SMILES string of the molecule is C=C(C)CN(CC)C(=O)CN1CCN(S(=O)(=O)c2ccc(OC)c(OC)c2)CC1. The summed E-state index contributed by atoms with van der Waals surface area (Å²) in [5.41, 5.74) is 0.936. The Labute approximate surface area is 173 Å². The third-order valence-corrected chi connectivity index (χ3v) is 6.77. The van der Waals surface area contributed by atoms with Crippen LogP contribution in [-0.2, 0) is 14.8 Å². The fraction of sp³-hybridized carbons (Fsp3) is 0.550. The highest BCUT2D eigenvalue weighted by Gasteiger charge is 2.30. The van der Waals surface area contributed by atoms with Crippen molar-refractivity contribution in [3.8, 4) is 11.5 Å². The molecule has 1 saturated heterocycles. The molecule has 0 atom stereocenters. The summed E-state index contributed by atoms with van der Waals surface area (Å²) in [6, 6.07) is 4.58. The van der Waals surface area contributed by atoms with Gasteiger partial charge < -0.3 is 14.4 Å². The topological polar surface area (TPSA) is 79.4 Å². The van der Waals surface area contributed by atoms with E-state index in [4.69, 9.17) is 9.47 Å². The highest BCUT2D eigenvalue weighted by Crippen LogP contribution is 2.30. The van der Waals surface area contributed by atoms with E-state index in [-0.39, 0.29) is 17.3 Å². The molecule has 0 saturated carbocycles. The Balaban J connectivity index is 2.01. The van der Waals surface area contributed by atoms with Crippen LogP contribution in [0.5, 0.6) is 11.5 Å². The number of methoxy groups -OCH3 is 2. The van der Waals surface area contributed by atoms with Crippen molar-refractivity contribution in [2.45, 2.75) is 18.7 Å². The third-order valence-electron chi connectivity index (χ3n) is 4.88. The average Bonchev–Trinajstić information content (AvgIpc) is 2.71. The minimum Gasteiger partial charge on any atom is -0.493 e. The van der Waals surface area contributed by atoms with Gasteiger partial charge in [-0.15, -0.1) is 0 Å². The number of hydrogen-bond acceptors (Lipinski definition) is 6. The molecule has 0 N–H and O–H groups in total. The van der Waals surface area contributed by atoms with E-state index < -0.39 is 10.0 Å². The molecule has 1 aliphatic rings. The molecule has 1 fully saturated rings. The van der Waals surface area contributed by atoms with Gasteiger partial charge >= 0.3 is 0 Å². The zero-order valence-corrected chi connectivity index (χ0v) is 18.5. The number of piperazine rings is 1. The van der Waals surface area contributed by atoms with Crippen LogP contribution in [-0.4, -0.2) is 88.5 Å². The van der Waals surface area contributed by atoms with Crippen LogP contribution in [0.15, 0.2) is 35.2 Å². The summed E-state index contributed by atoms with van der Waals surface area (Å²) in [4.78, 5) is 16.4. The number of rotatable bonds is 9. The van der Waals surface area contributed by atoms with Gasteiger partial charge in [0.1, 0.15) is 0 Å². The zero-order chi connectivity index (χ0) is 21.6. The molecule has 8 nitrogen and oxygen atoms in total. The van der Waals surface area contributed by atoms with E-state index in [9.17, 15) is 13.2 Å². The summed E-state index contributed by atoms with van der Waals surface area (Å²) < 4.78 is 37.8. The van der Waals surface area contributed by atoms with Crippen LogP contribution >= 0.6 is 0 Å². The number of amides is 1. The molecule has 1 aromatic carbocycles. The Hall–Kier alpha value is -2.10. The first-order chi connectivity index (χ1) is 13.7. The maximum absolute atomic E-state index is 13.0. The molecule has 1 heterocycles. The van der Waals surface area contributed by atoms with Crippen LogP contribution in [0, 0.1) is 0 Å². The molecule has 0 aliphatic carbocycles. The lowest BCUT2D eigenvalue weighted by molar-refractivity contribution is -0.132. The summed E-state index contributed by atoms with van der Waals surface area (Å²) in [7, 11) is -0.672. The molecule has 1 aromatic rings. The predicted octanol–water partition coefficient (Wildman–Crippen LogP) is 1.43. The molecule has 0 radical (unpaired) electrons. The first-order valence-electron chi connectivity index (χ1n) is 9.59. The molecule has 0 spiro atoms. The van der Waals surface area contributed by atoms with Crippen molar-refractivity contribution in [2.75, 3.05) is 60.0 Å². The second kappa shape index (κ2) is 10.1. The quantitative estimate of drug-likeness (QED) is 0.557. The minimum absolute atomic E-state index is 0.0340. The number of carbonyl (C=O) groups is 1. The van der Waals surface area contributed by atoms with Crippen LogP contribution < -0.4 is 9.47 Å².